The highest BCUT2D eigenvalue weighted by atomic mass is 16.5. The molecule has 1 amide bonds. The number of nitrogen functional groups attached to an aromatic ring is 1. The summed E-state index contributed by atoms with van der Waals surface area (Å²) in [6, 6.07) is 3.52. The lowest BCUT2D eigenvalue weighted by Gasteiger charge is -2.13. The van der Waals surface area contributed by atoms with Gasteiger partial charge in [0.25, 0.3) is 0 Å². The number of carbonyl (C=O) groups is 1. The summed E-state index contributed by atoms with van der Waals surface area (Å²) in [4.78, 5) is 14.9. The van der Waals surface area contributed by atoms with Crippen molar-refractivity contribution in [3.8, 4) is 5.88 Å². The topological polar surface area (TPSA) is 89.3 Å². The molecule has 0 fully saturated rings. The smallest absolute Gasteiger partial charge is 0.239 e. The first kappa shape index (κ1) is 14.1. The summed E-state index contributed by atoms with van der Waals surface area (Å²) in [6.45, 7) is 6.45. The quantitative estimate of drug-likeness (QED) is 0.657. The molecule has 1 aromatic rings. The van der Waals surface area contributed by atoms with Crippen LogP contribution in [0.4, 0.5) is 11.5 Å². The van der Waals surface area contributed by atoms with Crippen LogP contribution in [0.5, 0.6) is 5.88 Å². The molecule has 0 aromatic carbocycles. The molecule has 0 aliphatic rings. The van der Waals surface area contributed by atoms with Crippen molar-refractivity contribution in [2.75, 3.05) is 24.1 Å². The zero-order chi connectivity index (χ0) is 13.5. The summed E-state index contributed by atoms with van der Waals surface area (Å²) in [5.41, 5.74) is 6.27. The Hall–Kier alpha value is -1.98. The van der Waals surface area contributed by atoms with Gasteiger partial charge in [0.15, 0.2) is 0 Å². The van der Waals surface area contributed by atoms with E-state index in [1.165, 1.54) is 6.92 Å². The molecule has 100 valence electrons. The van der Waals surface area contributed by atoms with Crippen molar-refractivity contribution in [3.05, 3.63) is 12.1 Å². The van der Waals surface area contributed by atoms with Crippen LogP contribution in [0.2, 0.25) is 0 Å². The van der Waals surface area contributed by atoms with Crippen molar-refractivity contribution in [1.29, 1.82) is 0 Å². The highest BCUT2D eigenvalue weighted by Crippen LogP contribution is 2.21. The van der Waals surface area contributed by atoms with Crippen LogP contribution in [0.15, 0.2) is 12.1 Å². The van der Waals surface area contributed by atoms with Crippen molar-refractivity contribution in [3.63, 3.8) is 0 Å². The van der Waals surface area contributed by atoms with E-state index in [2.05, 4.69) is 15.6 Å². The Morgan fingerprint density at radius 3 is 2.78 bits per heavy atom. The number of carbonyl (C=O) groups excluding carboxylic acids is 1. The van der Waals surface area contributed by atoms with Gasteiger partial charge in [-0.05, 0) is 26.0 Å². The molecule has 0 radical (unpaired) electrons. The highest BCUT2D eigenvalue weighted by molar-refractivity contribution is 5.72. The maximum absolute atomic E-state index is 10.7. The Bertz CT molecular complexity index is 407. The molecule has 6 nitrogen and oxygen atoms in total. The first-order chi connectivity index (χ1) is 8.49. The van der Waals surface area contributed by atoms with Crippen LogP contribution < -0.4 is 21.1 Å². The van der Waals surface area contributed by atoms with Gasteiger partial charge in [-0.1, -0.05) is 0 Å². The lowest BCUT2D eigenvalue weighted by atomic mass is 10.4. The van der Waals surface area contributed by atoms with Crippen molar-refractivity contribution < 1.29 is 9.53 Å². The predicted octanol–water partition coefficient (Wildman–Crippen LogP) is 0.999. The Balaban J connectivity index is 2.53. The molecule has 0 saturated heterocycles. The molecule has 0 aliphatic carbocycles. The SMILES string of the molecule is CC(=O)NCCNc1ccc(N)c(OC(C)C)n1. The highest BCUT2D eigenvalue weighted by Gasteiger charge is 2.06. The van der Waals surface area contributed by atoms with Gasteiger partial charge in [0, 0.05) is 20.0 Å². The molecular formula is C12H20N4O2. The molecule has 0 atom stereocenters. The lowest BCUT2D eigenvalue weighted by molar-refractivity contribution is -0.118. The van der Waals surface area contributed by atoms with Crippen LogP contribution in [0.3, 0.4) is 0 Å². The molecule has 1 heterocycles. The third-order valence-corrected chi connectivity index (χ3v) is 2.04. The van der Waals surface area contributed by atoms with Crippen molar-refractivity contribution >= 4 is 17.4 Å². The molecule has 18 heavy (non-hydrogen) atoms. The first-order valence-electron chi connectivity index (χ1n) is 5.90. The Morgan fingerprint density at radius 1 is 1.44 bits per heavy atom. The fraction of sp³-hybridized carbons (Fsp3) is 0.500. The number of anilines is 2. The number of aromatic nitrogens is 1. The van der Waals surface area contributed by atoms with Crippen LogP contribution in [0, 0.1) is 0 Å². The number of rotatable bonds is 6. The summed E-state index contributed by atoms with van der Waals surface area (Å²) >= 11 is 0. The Kier molecular flexibility index (Phi) is 5.23. The van der Waals surface area contributed by atoms with E-state index in [1.807, 2.05) is 13.8 Å². The number of pyridine rings is 1. The average molecular weight is 252 g/mol. The van der Waals surface area contributed by atoms with Crippen LogP contribution in [-0.2, 0) is 4.79 Å². The molecule has 4 N–H and O–H groups in total. The van der Waals surface area contributed by atoms with Gasteiger partial charge in [-0.2, -0.15) is 4.98 Å². The van der Waals surface area contributed by atoms with E-state index in [1.54, 1.807) is 12.1 Å². The second-order valence-electron chi connectivity index (χ2n) is 4.17. The standard InChI is InChI=1S/C12H20N4O2/c1-8(2)18-12-10(13)4-5-11(16-12)15-7-6-14-9(3)17/h4-5,8H,6-7,13H2,1-3H3,(H,14,17)(H,15,16). The van der Waals surface area contributed by atoms with E-state index >= 15 is 0 Å². The second kappa shape index (κ2) is 6.68. The Labute approximate surface area is 107 Å². The summed E-state index contributed by atoms with van der Waals surface area (Å²) in [7, 11) is 0. The molecular weight excluding hydrogens is 232 g/mol. The van der Waals surface area contributed by atoms with Crippen molar-refractivity contribution in [2.45, 2.75) is 26.9 Å². The largest absolute Gasteiger partial charge is 0.473 e. The number of hydrogen-bond donors (Lipinski definition) is 3. The summed E-state index contributed by atoms with van der Waals surface area (Å²) < 4.78 is 5.48. The van der Waals surface area contributed by atoms with Gasteiger partial charge in [0.2, 0.25) is 11.8 Å². The van der Waals surface area contributed by atoms with E-state index in [-0.39, 0.29) is 12.0 Å². The fourth-order valence-corrected chi connectivity index (χ4v) is 1.30. The second-order valence-corrected chi connectivity index (χ2v) is 4.17. The van der Waals surface area contributed by atoms with Crippen molar-refractivity contribution in [1.82, 2.24) is 10.3 Å². The first-order valence-corrected chi connectivity index (χ1v) is 5.90. The number of ether oxygens (including phenoxy) is 1. The fourth-order valence-electron chi connectivity index (χ4n) is 1.30. The number of nitrogens with one attached hydrogen (secondary N) is 2. The monoisotopic (exact) mass is 252 g/mol. The molecule has 0 bridgehead atoms. The van der Waals surface area contributed by atoms with Gasteiger partial charge >= 0.3 is 0 Å². The number of nitrogens with zero attached hydrogens (tertiary/aromatic N) is 1. The molecule has 0 unspecified atom stereocenters. The van der Waals surface area contributed by atoms with Gasteiger partial charge in [-0.15, -0.1) is 0 Å². The number of amides is 1. The minimum atomic E-state index is -0.0501. The summed E-state index contributed by atoms with van der Waals surface area (Å²) in [5.74, 6) is 1.05. The maximum Gasteiger partial charge on any atom is 0.239 e. The van der Waals surface area contributed by atoms with Crippen molar-refractivity contribution in [2.24, 2.45) is 0 Å². The average Bonchev–Trinajstić information content (AvgIpc) is 2.27. The molecule has 6 heteroatoms. The third-order valence-electron chi connectivity index (χ3n) is 2.04. The Morgan fingerprint density at radius 2 is 2.17 bits per heavy atom. The molecule has 0 saturated carbocycles. The molecule has 1 aromatic heterocycles. The maximum atomic E-state index is 10.7. The van der Waals surface area contributed by atoms with Crippen LogP contribution >= 0.6 is 0 Å². The third kappa shape index (κ3) is 4.90. The van der Waals surface area contributed by atoms with E-state index in [0.717, 1.165) is 0 Å². The van der Waals surface area contributed by atoms with Crippen LogP contribution in [0.25, 0.3) is 0 Å². The zero-order valence-electron chi connectivity index (χ0n) is 11.0. The molecule has 0 aliphatic heterocycles. The van der Waals surface area contributed by atoms with Crippen LogP contribution in [-0.4, -0.2) is 30.1 Å². The van der Waals surface area contributed by atoms with E-state index in [9.17, 15) is 4.79 Å². The van der Waals surface area contributed by atoms with Gasteiger partial charge < -0.3 is 21.1 Å². The van der Waals surface area contributed by atoms with E-state index < -0.39 is 0 Å². The lowest BCUT2D eigenvalue weighted by Crippen LogP contribution is -2.26. The molecule has 1 rings (SSSR count). The van der Waals surface area contributed by atoms with Gasteiger partial charge in [-0.25, -0.2) is 0 Å². The number of hydrogen-bond acceptors (Lipinski definition) is 5. The summed E-state index contributed by atoms with van der Waals surface area (Å²) in [6.07, 6.45) is 0.0226. The summed E-state index contributed by atoms with van der Waals surface area (Å²) in [5, 5.41) is 5.77. The minimum Gasteiger partial charge on any atom is -0.473 e. The van der Waals surface area contributed by atoms with E-state index in [4.69, 9.17) is 10.5 Å². The van der Waals surface area contributed by atoms with E-state index in [0.29, 0.717) is 30.5 Å². The minimum absolute atomic E-state index is 0.0226. The predicted molar refractivity (Wildman–Crippen MR) is 71.6 cm³/mol. The van der Waals surface area contributed by atoms with Gasteiger partial charge in [-0.3, -0.25) is 4.79 Å². The van der Waals surface area contributed by atoms with Gasteiger partial charge in [0.05, 0.1) is 11.8 Å². The number of nitrogens with two attached hydrogens (primary N) is 1. The normalized spacial score (nSPS) is 10.2. The van der Waals surface area contributed by atoms with Crippen LogP contribution in [0.1, 0.15) is 20.8 Å². The van der Waals surface area contributed by atoms with Gasteiger partial charge in [0.1, 0.15) is 5.82 Å². The molecule has 0 spiro atoms. The zero-order valence-corrected chi connectivity index (χ0v) is 11.0.